The summed E-state index contributed by atoms with van der Waals surface area (Å²) < 4.78 is 0. The van der Waals surface area contributed by atoms with Crippen molar-refractivity contribution >= 4 is 0 Å². The predicted molar refractivity (Wildman–Crippen MR) is 0 cm³/mol. The van der Waals surface area contributed by atoms with E-state index in [0.717, 1.165) is 0 Å². The summed E-state index contributed by atoms with van der Waals surface area (Å²) in [5.41, 5.74) is 0. The Morgan fingerprint density at radius 2 is 1.00 bits per heavy atom. The summed E-state index contributed by atoms with van der Waals surface area (Å²) in [6.45, 7) is 0. The van der Waals surface area contributed by atoms with Gasteiger partial charge in [0.25, 0.3) is 0 Å². The van der Waals surface area contributed by atoms with Gasteiger partial charge in [0.2, 0.25) is 0 Å². The fourth-order valence-electron chi connectivity index (χ4n) is 0. The Balaban J connectivity index is 0. The van der Waals surface area contributed by atoms with Gasteiger partial charge in [0, 0.05) is 72.3 Å². The largest absolute Gasteiger partial charge is 0 e. The van der Waals surface area contributed by atoms with Gasteiger partial charge in [0.05, 0.1) is 0 Å². The van der Waals surface area contributed by atoms with Crippen LogP contribution in [0.15, 0.2) is 0 Å². The third-order valence-electron chi connectivity index (χ3n) is 0. The second-order valence-electron chi connectivity index (χ2n) is 0. The monoisotopic (exact) mass is 358 g/mol. The van der Waals surface area contributed by atoms with Crippen molar-refractivity contribution in [1.82, 2.24) is 0 Å². The van der Waals surface area contributed by atoms with Crippen molar-refractivity contribution in [1.29, 1.82) is 0 Å². The van der Waals surface area contributed by atoms with Crippen molar-refractivity contribution in [3.05, 3.63) is 0 Å². The van der Waals surface area contributed by atoms with E-state index in [0.29, 0.717) is 0 Å². The van der Waals surface area contributed by atoms with Crippen LogP contribution in [-0.2, 0) is 72.3 Å². The molecule has 0 rings (SSSR count). The minimum absolute atomic E-state index is 0. The molecular formula is CuFeMnW. The van der Waals surface area contributed by atoms with Crippen LogP contribution in [0.1, 0.15) is 0 Å². The van der Waals surface area contributed by atoms with E-state index >= 15 is 0 Å². The quantitative estimate of drug-likeness (QED) is 0.535. The van der Waals surface area contributed by atoms with Gasteiger partial charge in [0.1, 0.15) is 0 Å². The molecule has 0 bridgehead atoms. The zero-order valence-corrected chi connectivity index (χ0v) is 7.60. The minimum atomic E-state index is 0. The van der Waals surface area contributed by atoms with Crippen LogP contribution >= 0.6 is 0 Å². The van der Waals surface area contributed by atoms with Crippen LogP contribution in [0.4, 0.5) is 0 Å². The molecule has 32 valence electrons. The van der Waals surface area contributed by atoms with E-state index in [2.05, 4.69) is 0 Å². The van der Waals surface area contributed by atoms with Crippen LogP contribution in [0.3, 0.4) is 0 Å². The Morgan fingerprint density at radius 3 is 1.00 bits per heavy atom. The maximum Gasteiger partial charge on any atom is 0 e. The molecule has 0 amide bonds. The van der Waals surface area contributed by atoms with Crippen LogP contribution in [0, 0.1) is 0 Å². The van der Waals surface area contributed by atoms with Gasteiger partial charge in [-0.25, -0.2) is 0 Å². The molecule has 0 aromatic carbocycles. The van der Waals surface area contributed by atoms with Gasteiger partial charge < -0.3 is 0 Å². The third kappa shape index (κ3) is 8.87. The summed E-state index contributed by atoms with van der Waals surface area (Å²) in [6.07, 6.45) is 0. The van der Waals surface area contributed by atoms with Gasteiger partial charge in [-0.15, -0.1) is 0 Å². The van der Waals surface area contributed by atoms with Crippen molar-refractivity contribution in [2.24, 2.45) is 0 Å². The Morgan fingerprint density at radius 1 is 1.00 bits per heavy atom. The first-order valence-corrected chi connectivity index (χ1v) is 0. The summed E-state index contributed by atoms with van der Waals surface area (Å²) in [7, 11) is 0. The first kappa shape index (κ1) is 34.1. The molecule has 0 unspecified atom stereocenters. The van der Waals surface area contributed by atoms with Crippen molar-refractivity contribution in [3.63, 3.8) is 0 Å². The van der Waals surface area contributed by atoms with Crippen molar-refractivity contribution in [2.45, 2.75) is 0 Å². The Kier molecular flexibility index (Phi) is 160. The molecule has 0 aromatic heterocycles. The molecule has 0 fully saturated rings. The second kappa shape index (κ2) is 18.7. The van der Waals surface area contributed by atoms with Crippen LogP contribution in [0.2, 0.25) is 0 Å². The van der Waals surface area contributed by atoms with E-state index in [-0.39, 0.29) is 72.3 Å². The van der Waals surface area contributed by atoms with Crippen molar-refractivity contribution < 1.29 is 72.3 Å². The molecule has 0 saturated carbocycles. The minimum Gasteiger partial charge on any atom is 0 e. The van der Waals surface area contributed by atoms with Crippen molar-refractivity contribution in [3.8, 4) is 0 Å². The van der Waals surface area contributed by atoms with Gasteiger partial charge in [-0.2, -0.15) is 0 Å². The predicted octanol–water partition coefficient (Wildman–Crippen LogP) is -0.0100. The fraction of sp³-hybridized carbons (Fsp3) is 0. The first-order chi connectivity index (χ1) is 0. The smallest absolute Gasteiger partial charge is 0 e. The van der Waals surface area contributed by atoms with E-state index in [1.807, 2.05) is 0 Å². The molecular weight excluding hydrogens is 358 g/mol. The molecule has 0 aliphatic carbocycles. The summed E-state index contributed by atoms with van der Waals surface area (Å²) in [5.74, 6) is 0. The fourth-order valence-corrected chi connectivity index (χ4v) is 0. The molecule has 0 aliphatic rings. The molecule has 0 aromatic rings. The number of rotatable bonds is 0. The second-order valence-corrected chi connectivity index (χ2v) is 0. The Labute approximate surface area is 71.5 Å². The Hall–Kier alpha value is 2.25. The molecule has 4 heavy (non-hydrogen) atoms. The first-order valence-electron chi connectivity index (χ1n) is 0. The third-order valence-corrected chi connectivity index (χ3v) is 0. The molecule has 0 atom stereocenters. The standard InChI is InChI=1S/Cu.Fe.Mn.W. The molecule has 2 radical (unpaired) electrons. The van der Waals surface area contributed by atoms with Gasteiger partial charge in [-0.1, -0.05) is 0 Å². The van der Waals surface area contributed by atoms with Gasteiger partial charge in [-0.3, -0.25) is 0 Å². The maximum atomic E-state index is 0. The maximum absolute atomic E-state index is 0. The summed E-state index contributed by atoms with van der Waals surface area (Å²) in [4.78, 5) is 0. The van der Waals surface area contributed by atoms with E-state index in [1.165, 1.54) is 0 Å². The molecule has 0 N–H and O–H groups in total. The summed E-state index contributed by atoms with van der Waals surface area (Å²) in [5, 5.41) is 0. The van der Waals surface area contributed by atoms with E-state index in [1.54, 1.807) is 0 Å². The molecule has 0 heterocycles. The normalized spacial score (nSPS) is 0. The number of hydrogen-bond donors (Lipinski definition) is 0. The molecule has 0 nitrogen and oxygen atoms in total. The number of hydrogen-bond acceptors (Lipinski definition) is 0. The van der Waals surface area contributed by atoms with E-state index in [4.69, 9.17) is 0 Å². The SMILES string of the molecule is [Cu].[Fe].[Mn].[W]. The zero-order chi connectivity index (χ0) is 0. The molecule has 0 aliphatic heterocycles. The van der Waals surface area contributed by atoms with Gasteiger partial charge >= 0.3 is 0 Å². The zero-order valence-electron chi connectivity index (χ0n) is 1.44. The molecule has 0 saturated heterocycles. The van der Waals surface area contributed by atoms with Gasteiger partial charge in [0.15, 0.2) is 0 Å². The summed E-state index contributed by atoms with van der Waals surface area (Å²) in [6, 6.07) is 0. The molecule has 4 heteroatoms. The average molecular weight is 358 g/mol. The molecule has 0 spiro atoms. The average Bonchev–Trinajstić information content (AvgIpc) is 0. The van der Waals surface area contributed by atoms with Crippen LogP contribution in [0.25, 0.3) is 0 Å². The summed E-state index contributed by atoms with van der Waals surface area (Å²) >= 11 is 0. The van der Waals surface area contributed by atoms with E-state index < -0.39 is 0 Å². The van der Waals surface area contributed by atoms with Crippen molar-refractivity contribution in [2.75, 3.05) is 0 Å². The van der Waals surface area contributed by atoms with E-state index in [9.17, 15) is 0 Å². The van der Waals surface area contributed by atoms with Crippen LogP contribution in [-0.4, -0.2) is 0 Å². The van der Waals surface area contributed by atoms with Gasteiger partial charge in [-0.05, 0) is 0 Å². The van der Waals surface area contributed by atoms with Crippen LogP contribution < -0.4 is 0 Å². The Bertz CT molecular complexity index is 8.00. The topological polar surface area (TPSA) is 0 Å². The van der Waals surface area contributed by atoms with Crippen LogP contribution in [0.5, 0.6) is 0 Å².